The Kier molecular flexibility index (Phi) is 6.44. The predicted molar refractivity (Wildman–Crippen MR) is 109 cm³/mol. The quantitative estimate of drug-likeness (QED) is 0.789. The SMILES string of the molecule is CCc1ccccc1NC(=O)CN(C)C(=O)C1CC(=O)N(c2ccc(F)cc2F)C1. The lowest BCUT2D eigenvalue weighted by Gasteiger charge is -2.21. The molecule has 0 spiro atoms. The van der Waals surface area contributed by atoms with Crippen LogP contribution in [-0.4, -0.2) is 42.8 Å². The summed E-state index contributed by atoms with van der Waals surface area (Å²) in [6, 6.07) is 10.3. The van der Waals surface area contributed by atoms with Crippen molar-refractivity contribution in [1.29, 1.82) is 0 Å². The number of hydrogen-bond acceptors (Lipinski definition) is 3. The molecule has 0 radical (unpaired) electrons. The smallest absolute Gasteiger partial charge is 0.243 e. The topological polar surface area (TPSA) is 69.7 Å². The second kappa shape index (κ2) is 9.02. The Bertz CT molecular complexity index is 980. The molecule has 0 saturated carbocycles. The lowest BCUT2D eigenvalue weighted by Crippen LogP contribution is -2.39. The second-order valence-corrected chi connectivity index (χ2v) is 7.25. The number of aryl methyl sites for hydroxylation is 1. The maximum atomic E-state index is 14.0. The van der Waals surface area contributed by atoms with Crippen LogP contribution in [0, 0.1) is 17.6 Å². The van der Waals surface area contributed by atoms with Crippen LogP contribution < -0.4 is 10.2 Å². The Morgan fingerprint density at radius 1 is 1.20 bits per heavy atom. The average Bonchev–Trinajstić information content (AvgIpc) is 3.09. The van der Waals surface area contributed by atoms with E-state index in [-0.39, 0.29) is 37.0 Å². The molecule has 3 rings (SSSR count). The molecule has 1 heterocycles. The first kappa shape index (κ1) is 21.4. The summed E-state index contributed by atoms with van der Waals surface area (Å²) in [6.07, 6.45) is 0.658. The van der Waals surface area contributed by atoms with Gasteiger partial charge >= 0.3 is 0 Å². The van der Waals surface area contributed by atoms with Gasteiger partial charge in [-0.25, -0.2) is 8.78 Å². The fraction of sp³-hybridized carbons (Fsp3) is 0.318. The molecule has 1 unspecified atom stereocenters. The third-order valence-corrected chi connectivity index (χ3v) is 5.10. The number of halogens is 2. The zero-order valence-corrected chi connectivity index (χ0v) is 16.8. The molecule has 0 bridgehead atoms. The highest BCUT2D eigenvalue weighted by atomic mass is 19.1. The molecule has 158 valence electrons. The standard InChI is InChI=1S/C22H23F2N3O3/c1-3-14-6-4-5-7-18(14)25-20(28)13-26(2)22(30)15-10-21(29)27(12-15)19-9-8-16(23)11-17(19)24/h4-9,11,15H,3,10,12-13H2,1-2H3,(H,25,28). The molecule has 30 heavy (non-hydrogen) atoms. The van der Waals surface area contributed by atoms with Gasteiger partial charge in [-0.15, -0.1) is 0 Å². The van der Waals surface area contributed by atoms with Crippen LogP contribution in [0.15, 0.2) is 42.5 Å². The molecule has 2 aromatic carbocycles. The summed E-state index contributed by atoms with van der Waals surface area (Å²) in [5.41, 5.74) is 1.62. The summed E-state index contributed by atoms with van der Waals surface area (Å²) < 4.78 is 27.1. The normalized spacial score (nSPS) is 15.9. The Morgan fingerprint density at radius 3 is 2.63 bits per heavy atom. The third kappa shape index (κ3) is 4.64. The van der Waals surface area contributed by atoms with Crippen molar-refractivity contribution < 1.29 is 23.2 Å². The van der Waals surface area contributed by atoms with E-state index in [9.17, 15) is 23.2 Å². The van der Waals surface area contributed by atoms with E-state index in [1.165, 1.54) is 18.0 Å². The first-order valence-electron chi connectivity index (χ1n) is 9.68. The molecule has 1 aliphatic heterocycles. The molecule has 2 aromatic rings. The van der Waals surface area contributed by atoms with Crippen LogP contribution in [0.5, 0.6) is 0 Å². The number of rotatable bonds is 6. The minimum atomic E-state index is -0.862. The molecule has 0 aromatic heterocycles. The van der Waals surface area contributed by atoms with E-state index in [0.717, 1.165) is 23.0 Å². The molecule has 3 amide bonds. The van der Waals surface area contributed by atoms with Gasteiger partial charge in [-0.05, 0) is 30.2 Å². The molecule has 1 atom stereocenters. The number of carbonyl (C=O) groups excluding carboxylic acids is 3. The van der Waals surface area contributed by atoms with Crippen molar-refractivity contribution in [3.8, 4) is 0 Å². The molecule has 6 nitrogen and oxygen atoms in total. The van der Waals surface area contributed by atoms with Crippen LogP contribution in [-0.2, 0) is 20.8 Å². The van der Waals surface area contributed by atoms with Crippen LogP contribution in [0.3, 0.4) is 0 Å². The van der Waals surface area contributed by atoms with Crippen LogP contribution in [0.4, 0.5) is 20.2 Å². The van der Waals surface area contributed by atoms with Gasteiger partial charge in [0.1, 0.15) is 11.6 Å². The van der Waals surface area contributed by atoms with E-state index in [1.807, 2.05) is 25.1 Å². The number of nitrogens with zero attached hydrogens (tertiary/aromatic N) is 2. The highest BCUT2D eigenvalue weighted by molar-refractivity contribution is 6.01. The van der Waals surface area contributed by atoms with Gasteiger partial charge in [-0.2, -0.15) is 0 Å². The van der Waals surface area contributed by atoms with Gasteiger partial charge in [0.05, 0.1) is 18.2 Å². The summed E-state index contributed by atoms with van der Waals surface area (Å²) in [7, 11) is 1.49. The summed E-state index contributed by atoms with van der Waals surface area (Å²) in [4.78, 5) is 39.8. The van der Waals surface area contributed by atoms with E-state index in [2.05, 4.69) is 5.32 Å². The third-order valence-electron chi connectivity index (χ3n) is 5.10. The first-order chi connectivity index (χ1) is 14.3. The second-order valence-electron chi connectivity index (χ2n) is 7.25. The number of hydrogen-bond donors (Lipinski definition) is 1. The average molecular weight is 415 g/mol. The van der Waals surface area contributed by atoms with E-state index in [4.69, 9.17) is 0 Å². The maximum Gasteiger partial charge on any atom is 0.243 e. The van der Waals surface area contributed by atoms with Gasteiger partial charge in [-0.3, -0.25) is 14.4 Å². The van der Waals surface area contributed by atoms with Crippen LogP contribution >= 0.6 is 0 Å². The predicted octanol–water partition coefficient (Wildman–Crippen LogP) is 2.98. The Morgan fingerprint density at radius 2 is 1.93 bits per heavy atom. The van der Waals surface area contributed by atoms with Crippen molar-refractivity contribution in [2.75, 3.05) is 30.4 Å². The zero-order chi connectivity index (χ0) is 21.8. The first-order valence-corrected chi connectivity index (χ1v) is 9.68. The Balaban J connectivity index is 1.62. The maximum absolute atomic E-state index is 14.0. The lowest BCUT2D eigenvalue weighted by molar-refractivity contribution is -0.137. The minimum Gasteiger partial charge on any atom is -0.336 e. The molecule has 8 heteroatoms. The van der Waals surface area contributed by atoms with E-state index >= 15 is 0 Å². The Labute approximate surface area is 173 Å². The van der Waals surface area contributed by atoms with Gasteiger partial charge in [0.2, 0.25) is 17.7 Å². The number of para-hydroxylation sites is 1. The van der Waals surface area contributed by atoms with Crippen LogP contribution in [0.25, 0.3) is 0 Å². The van der Waals surface area contributed by atoms with Gasteiger partial charge in [0, 0.05) is 31.8 Å². The Hall–Kier alpha value is -3.29. The number of benzene rings is 2. The molecular formula is C22H23F2N3O3. The van der Waals surface area contributed by atoms with Gasteiger partial charge in [-0.1, -0.05) is 25.1 Å². The number of amides is 3. The van der Waals surface area contributed by atoms with E-state index in [0.29, 0.717) is 11.8 Å². The molecule has 1 saturated heterocycles. The molecule has 1 aliphatic rings. The van der Waals surface area contributed by atoms with Crippen LogP contribution in [0.2, 0.25) is 0 Å². The van der Waals surface area contributed by atoms with Crippen molar-refractivity contribution in [2.24, 2.45) is 5.92 Å². The van der Waals surface area contributed by atoms with Crippen molar-refractivity contribution in [2.45, 2.75) is 19.8 Å². The number of carbonyl (C=O) groups is 3. The number of nitrogens with one attached hydrogen (secondary N) is 1. The van der Waals surface area contributed by atoms with Crippen LogP contribution in [0.1, 0.15) is 18.9 Å². The minimum absolute atomic E-state index is 0.0230. The highest BCUT2D eigenvalue weighted by Gasteiger charge is 2.37. The monoisotopic (exact) mass is 415 g/mol. The van der Waals surface area contributed by atoms with Gasteiger partial charge < -0.3 is 15.1 Å². The molecular weight excluding hydrogens is 392 g/mol. The van der Waals surface area contributed by atoms with E-state index in [1.54, 1.807) is 6.07 Å². The summed E-state index contributed by atoms with van der Waals surface area (Å²) >= 11 is 0. The van der Waals surface area contributed by atoms with Gasteiger partial charge in [0.25, 0.3) is 0 Å². The largest absolute Gasteiger partial charge is 0.336 e. The summed E-state index contributed by atoms with van der Waals surface area (Å²) in [6.45, 7) is 1.78. The fourth-order valence-electron chi connectivity index (χ4n) is 3.55. The highest BCUT2D eigenvalue weighted by Crippen LogP contribution is 2.28. The lowest BCUT2D eigenvalue weighted by atomic mass is 10.1. The number of anilines is 2. The van der Waals surface area contributed by atoms with E-state index < -0.39 is 23.5 Å². The zero-order valence-electron chi connectivity index (χ0n) is 16.8. The fourth-order valence-corrected chi connectivity index (χ4v) is 3.55. The van der Waals surface area contributed by atoms with Crippen molar-refractivity contribution >= 4 is 29.1 Å². The molecule has 1 fully saturated rings. The van der Waals surface area contributed by atoms with Crippen molar-refractivity contribution in [3.63, 3.8) is 0 Å². The molecule has 1 N–H and O–H groups in total. The number of likely N-dealkylation sites (N-methyl/N-ethyl adjacent to an activating group) is 1. The summed E-state index contributed by atoms with van der Waals surface area (Å²) in [5, 5.41) is 2.80. The van der Waals surface area contributed by atoms with Crippen molar-refractivity contribution in [3.05, 3.63) is 59.7 Å². The van der Waals surface area contributed by atoms with Crippen molar-refractivity contribution in [1.82, 2.24) is 4.90 Å². The summed E-state index contributed by atoms with van der Waals surface area (Å²) in [5.74, 6) is -3.47. The molecule has 0 aliphatic carbocycles. The van der Waals surface area contributed by atoms with Gasteiger partial charge in [0.15, 0.2) is 0 Å².